The molecule has 0 fully saturated rings. The largest absolute Gasteiger partial charge is 0.493 e. The minimum atomic E-state index is -2.31. The summed E-state index contributed by atoms with van der Waals surface area (Å²) < 4.78 is 30.2. The van der Waals surface area contributed by atoms with E-state index < -0.39 is 6.43 Å². The number of ether oxygens (including phenoxy) is 1. The van der Waals surface area contributed by atoms with E-state index in [1.807, 2.05) is 25.1 Å². The molecule has 1 N–H and O–H groups in total. The second-order valence-corrected chi connectivity index (χ2v) is 4.34. The van der Waals surface area contributed by atoms with Crippen LogP contribution in [-0.2, 0) is 0 Å². The highest BCUT2D eigenvalue weighted by Gasteiger charge is 2.21. The third-order valence-corrected chi connectivity index (χ3v) is 3.02. The second kappa shape index (κ2) is 5.45. The van der Waals surface area contributed by atoms with Gasteiger partial charge in [-0.1, -0.05) is 18.2 Å². The molecule has 2 rings (SSSR count). The number of benzene rings is 1. The maximum atomic E-state index is 12.3. The van der Waals surface area contributed by atoms with Gasteiger partial charge >= 0.3 is 0 Å². The Morgan fingerprint density at radius 2 is 2.29 bits per heavy atom. The maximum absolute atomic E-state index is 12.3. The van der Waals surface area contributed by atoms with Crippen molar-refractivity contribution in [3.05, 3.63) is 29.3 Å². The van der Waals surface area contributed by atoms with Crippen molar-refractivity contribution in [1.82, 2.24) is 5.32 Å². The molecule has 1 heterocycles. The predicted octanol–water partition coefficient (Wildman–Crippen LogP) is 3.06. The van der Waals surface area contributed by atoms with Gasteiger partial charge in [0.05, 0.1) is 13.2 Å². The van der Waals surface area contributed by atoms with Crippen LogP contribution in [0.5, 0.6) is 5.75 Å². The Kier molecular flexibility index (Phi) is 3.94. The van der Waals surface area contributed by atoms with Crippen LogP contribution in [0.1, 0.15) is 30.0 Å². The molecular weight excluding hydrogens is 224 g/mol. The number of alkyl halides is 2. The minimum Gasteiger partial charge on any atom is -0.493 e. The third-order valence-electron chi connectivity index (χ3n) is 3.02. The monoisotopic (exact) mass is 241 g/mol. The molecule has 1 aliphatic rings. The van der Waals surface area contributed by atoms with Crippen molar-refractivity contribution < 1.29 is 13.5 Å². The van der Waals surface area contributed by atoms with Crippen molar-refractivity contribution in [3.63, 3.8) is 0 Å². The van der Waals surface area contributed by atoms with E-state index in [1.165, 1.54) is 0 Å². The van der Waals surface area contributed by atoms with Crippen molar-refractivity contribution in [2.45, 2.75) is 32.2 Å². The zero-order valence-electron chi connectivity index (χ0n) is 9.88. The van der Waals surface area contributed by atoms with Crippen LogP contribution in [0.2, 0.25) is 0 Å². The molecule has 1 unspecified atom stereocenters. The first-order valence-corrected chi connectivity index (χ1v) is 5.92. The molecule has 17 heavy (non-hydrogen) atoms. The standard InChI is InChI=1S/C13H17F2NO/c1-9-4-2-5-10-11(16-8-12(14)15)6-3-7-17-13(9)10/h2,4-5,11-12,16H,3,6-8H2,1H3. The number of halogens is 2. The lowest BCUT2D eigenvalue weighted by molar-refractivity contribution is 0.140. The van der Waals surface area contributed by atoms with Crippen molar-refractivity contribution in [2.24, 2.45) is 0 Å². The molecule has 2 nitrogen and oxygen atoms in total. The number of hydrogen-bond acceptors (Lipinski definition) is 2. The fourth-order valence-electron chi connectivity index (χ4n) is 2.21. The molecule has 0 amide bonds. The fraction of sp³-hybridized carbons (Fsp3) is 0.538. The lowest BCUT2D eigenvalue weighted by Gasteiger charge is -2.19. The van der Waals surface area contributed by atoms with Gasteiger partial charge in [-0.15, -0.1) is 0 Å². The Labute approximate surface area is 100.0 Å². The van der Waals surface area contributed by atoms with E-state index in [1.54, 1.807) is 0 Å². The minimum absolute atomic E-state index is 0.0265. The van der Waals surface area contributed by atoms with E-state index in [4.69, 9.17) is 4.74 Å². The zero-order valence-corrected chi connectivity index (χ0v) is 9.88. The van der Waals surface area contributed by atoms with Gasteiger partial charge in [-0.2, -0.15) is 0 Å². The van der Waals surface area contributed by atoms with Gasteiger partial charge in [-0.25, -0.2) is 8.78 Å². The Balaban J connectivity index is 2.21. The highest BCUT2D eigenvalue weighted by Crippen LogP contribution is 2.33. The van der Waals surface area contributed by atoms with Crippen LogP contribution in [-0.4, -0.2) is 19.6 Å². The first-order valence-electron chi connectivity index (χ1n) is 5.92. The molecule has 0 aliphatic carbocycles. The molecule has 0 aromatic heterocycles. The highest BCUT2D eigenvalue weighted by atomic mass is 19.3. The van der Waals surface area contributed by atoms with Gasteiger partial charge in [0.25, 0.3) is 6.43 Å². The topological polar surface area (TPSA) is 21.3 Å². The highest BCUT2D eigenvalue weighted by molar-refractivity contribution is 5.43. The van der Waals surface area contributed by atoms with Gasteiger partial charge < -0.3 is 10.1 Å². The summed E-state index contributed by atoms with van der Waals surface area (Å²) in [6.07, 6.45) is -0.592. The molecule has 0 radical (unpaired) electrons. The summed E-state index contributed by atoms with van der Waals surface area (Å²) in [5.41, 5.74) is 2.07. The summed E-state index contributed by atoms with van der Waals surface area (Å²) in [4.78, 5) is 0. The molecule has 0 saturated heterocycles. The Bertz CT molecular complexity index is 382. The van der Waals surface area contributed by atoms with E-state index >= 15 is 0 Å². The molecule has 0 bridgehead atoms. The van der Waals surface area contributed by atoms with Crippen molar-refractivity contribution in [3.8, 4) is 5.75 Å². The van der Waals surface area contributed by atoms with Gasteiger partial charge in [0, 0.05) is 11.6 Å². The molecule has 4 heteroatoms. The van der Waals surface area contributed by atoms with Crippen molar-refractivity contribution in [2.75, 3.05) is 13.2 Å². The van der Waals surface area contributed by atoms with Crippen LogP contribution >= 0.6 is 0 Å². The lowest BCUT2D eigenvalue weighted by Crippen LogP contribution is -2.26. The molecular formula is C13H17F2NO. The summed E-state index contributed by atoms with van der Waals surface area (Å²) >= 11 is 0. The molecule has 1 atom stereocenters. The van der Waals surface area contributed by atoms with E-state index in [0.29, 0.717) is 6.61 Å². The van der Waals surface area contributed by atoms with Crippen LogP contribution in [0.25, 0.3) is 0 Å². The second-order valence-electron chi connectivity index (χ2n) is 4.34. The van der Waals surface area contributed by atoms with Crippen LogP contribution in [0.4, 0.5) is 8.78 Å². The Morgan fingerprint density at radius 1 is 1.47 bits per heavy atom. The first-order chi connectivity index (χ1) is 8.18. The van der Waals surface area contributed by atoms with Gasteiger partial charge in [0.15, 0.2) is 0 Å². The molecule has 1 aromatic carbocycles. The van der Waals surface area contributed by atoms with Gasteiger partial charge in [-0.05, 0) is 25.3 Å². The number of fused-ring (bicyclic) bond motifs is 1. The van der Waals surface area contributed by atoms with Crippen LogP contribution in [0, 0.1) is 6.92 Å². The average Bonchev–Trinajstić information content (AvgIpc) is 2.50. The van der Waals surface area contributed by atoms with E-state index in [0.717, 1.165) is 29.7 Å². The third kappa shape index (κ3) is 2.94. The normalized spacial score (nSPS) is 19.6. The quantitative estimate of drug-likeness (QED) is 0.878. The van der Waals surface area contributed by atoms with Gasteiger partial charge in [0.2, 0.25) is 0 Å². The summed E-state index contributed by atoms with van der Waals surface area (Å²) in [6, 6.07) is 5.85. The maximum Gasteiger partial charge on any atom is 0.250 e. The summed E-state index contributed by atoms with van der Waals surface area (Å²) in [5.74, 6) is 0.858. The number of rotatable bonds is 3. The number of nitrogens with one attached hydrogen (secondary N) is 1. The Morgan fingerprint density at radius 3 is 3.06 bits per heavy atom. The molecule has 94 valence electrons. The molecule has 1 aliphatic heterocycles. The number of para-hydroxylation sites is 1. The van der Waals surface area contributed by atoms with Crippen molar-refractivity contribution in [1.29, 1.82) is 0 Å². The SMILES string of the molecule is Cc1cccc2c1OCCCC2NCC(F)F. The van der Waals surface area contributed by atoms with Crippen molar-refractivity contribution >= 4 is 0 Å². The molecule has 0 saturated carbocycles. The fourth-order valence-corrected chi connectivity index (χ4v) is 2.21. The Hall–Kier alpha value is -1.16. The van der Waals surface area contributed by atoms with Crippen LogP contribution in [0.15, 0.2) is 18.2 Å². The molecule has 1 aromatic rings. The van der Waals surface area contributed by atoms with E-state index in [9.17, 15) is 8.78 Å². The van der Waals surface area contributed by atoms with Crippen LogP contribution < -0.4 is 10.1 Å². The predicted molar refractivity (Wildman–Crippen MR) is 62.7 cm³/mol. The van der Waals surface area contributed by atoms with E-state index in [-0.39, 0.29) is 12.6 Å². The number of hydrogen-bond donors (Lipinski definition) is 1. The van der Waals surface area contributed by atoms with Gasteiger partial charge in [0.1, 0.15) is 5.75 Å². The molecule has 0 spiro atoms. The lowest BCUT2D eigenvalue weighted by atomic mass is 10.00. The zero-order chi connectivity index (χ0) is 12.3. The smallest absolute Gasteiger partial charge is 0.250 e. The first kappa shape index (κ1) is 12.3. The van der Waals surface area contributed by atoms with Gasteiger partial charge in [-0.3, -0.25) is 0 Å². The van der Waals surface area contributed by atoms with E-state index in [2.05, 4.69) is 5.32 Å². The summed E-state index contributed by atoms with van der Waals surface area (Å²) in [7, 11) is 0. The summed E-state index contributed by atoms with van der Waals surface area (Å²) in [5, 5.41) is 2.91. The average molecular weight is 241 g/mol. The summed E-state index contributed by atoms with van der Waals surface area (Å²) in [6.45, 7) is 2.37. The van der Waals surface area contributed by atoms with Crippen LogP contribution in [0.3, 0.4) is 0 Å². The number of aryl methyl sites for hydroxylation is 1.